The third-order valence-corrected chi connectivity index (χ3v) is 4.08. The van der Waals surface area contributed by atoms with E-state index in [4.69, 9.17) is 0 Å². The predicted molar refractivity (Wildman–Crippen MR) is 86.0 cm³/mol. The topological polar surface area (TPSA) is 66.8 Å². The highest BCUT2D eigenvalue weighted by atomic mass is 15.2. The van der Waals surface area contributed by atoms with Crippen molar-refractivity contribution in [1.82, 2.24) is 24.8 Å². The molecular weight excluding hydrogens is 276 g/mol. The highest BCUT2D eigenvalue weighted by Crippen LogP contribution is 2.27. The lowest BCUT2D eigenvalue weighted by atomic mass is 9.94. The summed E-state index contributed by atoms with van der Waals surface area (Å²) in [6.45, 7) is 6.76. The maximum atomic E-state index is 4.67. The van der Waals surface area contributed by atoms with Gasteiger partial charge in [-0.05, 0) is 39.3 Å². The Morgan fingerprint density at radius 1 is 1.23 bits per heavy atom. The van der Waals surface area contributed by atoms with E-state index in [2.05, 4.69) is 44.0 Å². The molecule has 1 aliphatic rings. The van der Waals surface area contributed by atoms with Crippen LogP contribution < -0.4 is 5.32 Å². The van der Waals surface area contributed by atoms with Gasteiger partial charge in [0.05, 0.1) is 11.9 Å². The van der Waals surface area contributed by atoms with E-state index in [0.29, 0.717) is 23.7 Å². The maximum Gasteiger partial charge on any atom is 0.228 e. The van der Waals surface area contributed by atoms with Gasteiger partial charge in [-0.3, -0.25) is 4.98 Å². The van der Waals surface area contributed by atoms with Crippen LogP contribution in [0.4, 0.5) is 11.8 Å². The van der Waals surface area contributed by atoms with Gasteiger partial charge in [-0.25, -0.2) is 15.0 Å². The minimum atomic E-state index is 0.474. The van der Waals surface area contributed by atoms with Crippen LogP contribution in [0.25, 0.3) is 0 Å². The smallest absolute Gasteiger partial charge is 0.228 e. The van der Waals surface area contributed by atoms with Crippen molar-refractivity contribution < 1.29 is 0 Å². The Kier molecular flexibility index (Phi) is 4.58. The molecule has 2 aromatic heterocycles. The molecule has 1 N–H and O–H groups in total. The molecule has 0 bridgehead atoms. The van der Waals surface area contributed by atoms with E-state index in [1.165, 1.54) is 19.4 Å². The Labute approximate surface area is 131 Å². The maximum absolute atomic E-state index is 4.67. The third kappa shape index (κ3) is 3.57. The van der Waals surface area contributed by atoms with Crippen molar-refractivity contribution in [2.45, 2.75) is 38.6 Å². The van der Waals surface area contributed by atoms with Crippen molar-refractivity contribution >= 4 is 11.8 Å². The minimum Gasteiger partial charge on any atom is -0.307 e. The van der Waals surface area contributed by atoms with E-state index < -0.39 is 0 Å². The van der Waals surface area contributed by atoms with Gasteiger partial charge < -0.3 is 10.2 Å². The molecule has 3 rings (SSSR count). The molecule has 0 aromatic carbocycles. The number of rotatable bonds is 4. The molecule has 3 heterocycles. The van der Waals surface area contributed by atoms with E-state index in [0.717, 1.165) is 12.2 Å². The fraction of sp³-hybridized carbons (Fsp3) is 0.500. The zero-order valence-electron chi connectivity index (χ0n) is 13.1. The average molecular weight is 298 g/mol. The fourth-order valence-electron chi connectivity index (χ4n) is 2.86. The molecule has 1 atom stereocenters. The van der Waals surface area contributed by atoms with E-state index in [-0.39, 0.29) is 0 Å². The van der Waals surface area contributed by atoms with Crippen LogP contribution in [0.1, 0.15) is 38.3 Å². The summed E-state index contributed by atoms with van der Waals surface area (Å²) in [5, 5.41) is 3.11. The van der Waals surface area contributed by atoms with Crippen molar-refractivity contribution in [3.8, 4) is 0 Å². The highest BCUT2D eigenvalue weighted by Gasteiger charge is 2.24. The number of hydrogen-bond acceptors (Lipinski definition) is 6. The summed E-state index contributed by atoms with van der Waals surface area (Å²) in [4.78, 5) is 19.7. The Hall–Kier alpha value is -2.08. The van der Waals surface area contributed by atoms with Gasteiger partial charge in [0.2, 0.25) is 5.95 Å². The molecule has 116 valence electrons. The van der Waals surface area contributed by atoms with Gasteiger partial charge in [0.15, 0.2) is 5.82 Å². The SMILES string of the molecule is CC(C)N1CCC[C@@H](c2ccnc(Nc3cnccn3)n2)C1. The number of anilines is 2. The number of likely N-dealkylation sites (tertiary alicyclic amines) is 1. The van der Waals surface area contributed by atoms with E-state index in [9.17, 15) is 0 Å². The zero-order valence-corrected chi connectivity index (χ0v) is 13.1. The van der Waals surface area contributed by atoms with Crippen LogP contribution in [0, 0.1) is 0 Å². The molecule has 0 radical (unpaired) electrons. The first-order chi connectivity index (χ1) is 10.7. The monoisotopic (exact) mass is 298 g/mol. The van der Waals surface area contributed by atoms with Crippen molar-refractivity contribution in [3.63, 3.8) is 0 Å². The van der Waals surface area contributed by atoms with Crippen molar-refractivity contribution in [3.05, 3.63) is 36.5 Å². The van der Waals surface area contributed by atoms with Crippen molar-refractivity contribution in [2.75, 3.05) is 18.4 Å². The summed E-state index contributed by atoms with van der Waals surface area (Å²) in [6.07, 6.45) is 9.18. The molecule has 0 spiro atoms. The number of hydrogen-bond donors (Lipinski definition) is 1. The Balaban J connectivity index is 1.73. The second-order valence-electron chi connectivity index (χ2n) is 5.95. The van der Waals surface area contributed by atoms with Gasteiger partial charge in [-0.15, -0.1) is 0 Å². The molecular formula is C16H22N6. The molecule has 6 nitrogen and oxygen atoms in total. The average Bonchev–Trinajstić information content (AvgIpc) is 2.56. The van der Waals surface area contributed by atoms with Crippen LogP contribution in [0.5, 0.6) is 0 Å². The van der Waals surface area contributed by atoms with Crippen LogP contribution >= 0.6 is 0 Å². The van der Waals surface area contributed by atoms with Gasteiger partial charge >= 0.3 is 0 Å². The first kappa shape index (κ1) is 14.8. The summed E-state index contributed by atoms with van der Waals surface area (Å²) in [5.41, 5.74) is 1.10. The summed E-state index contributed by atoms with van der Waals surface area (Å²) in [7, 11) is 0. The van der Waals surface area contributed by atoms with Crippen LogP contribution in [0.2, 0.25) is 0 Å². The number of piperidine rings is 1. The predicted octanol–water partition coefficient (Wildman–Crippen LogP) is 2.60. The largest absolute Gasteiger partial charge is 0.307 e. The minimum absolute atomic E-state index is 0.474. The molecule has 6 heteroatoms. The summed E-state index contributed by atoms with van der Waals surface area (Å²) >= 11 is 0. The normalized spacial score (nSPS) is 19.3. The second-order valence-corrected chi connectivity index (χ2v) is 5.95. The molecule has 2 aromatic rings. The van der Waals surface area contributed by atoms with E-state index in [1.54, 1.807) is 18.6 Å². The second kappa shape index (κ2) is 6.79. The number of aromatic nitrogens is 4. The summed E-state index contributed by atoms with van der Waals surface area (Å²) in [6, 6.07) is 2.61. The Morgan fingerprint density at radius 3 is 2.91 bits per heavy atom. The van der Waals surface area contributed by atoms with Gasteiger partial charge in [0, 0.05) is 37.1 Å². The molecule has 1 aliphatic heterocycles. The summed E-state index contributed by atoms with van der Waals surface area (Å²) < 4.78 is 0. The molecule has 22 heavy (non-hydrogen) atoms. The van der Waals surface area contributed by atoms with E-state index >= 15 is 0 Å². The lowest BCUT2D eigenvalue weighted by molar-refractivity contribution is 0.166. The van der Waals surface area contributed by atoms with Crippen LogP contribution in [0.3, 0.4) is 0 Å². The molecule has 1 saturated heterocycles. The first-order valence-electron chi connectivity index (χ1n) is 7.82. The zero-order chi connectivity index (χ0) is 15.4. The molecule has 0 amide bonds. The molecule has 1 fully saturated rings. The highest BCUT2D eigenvalue weighted by molar-refractivity contribution is 5.45. The van der Waals surface area contributed by atoms with Crippen molar-refractivity contribution in [1.29, 1.82) is 0 Å². The molecule has 0 saturated carbocycles. The fourth-order valence-corrected chi connectivity index (χ4v) is 2.86. The van der Waals surface area contributed by atoms with Gasteiger partial charge in [0.1, 0.15) is 0 Å². The molecule has 0 unspecified atom stereocenters. The van der Waals surface area contributed by atoms with E-state index in [1.807, 2.05) is 12.3 Å². The van der Waals surface area contributed by atoms with Gasteiger partial charge in [-0.2, -0.15) is 0 Å². The lowest BCUT2D eigenvalue weighted by Crippen LogP contribution is -2.39. The van der Waals surface area contributed by atoms with Crippen LogP contribution in [-0.4, -0.2) is 44.0 Å². The van der Waals surface area contributed by atoms with Crippen LogP contribution in [-0.2, 0) is 0 Å². The standard InChI is InChI=1S/C16H22N6/c1-12(2)22-9-3-4-13(11-22)14-5-6-19-16(20-14)21-15-10-17-7-8-18-15/h5-8,10,12-13H,3-4,9,11H2,1-2H3,(H,18,19,20,21)/t13-/m1/s1. The first-order valence-corrected chi connectivity index (χ1v) is 7.82. The number of nitrogens with one attached hydrogen (secondary N) is 1. The van der Waals surface area contributed by atoms with Gasteiger partial charge in [0.25, 0.3) is 0 Å². The quantitative estimate of drug-likeness (QED) is 0.936. The Bertz CT molecular complexity index is 601. The van der Waals surface area contributed by atoms with Crippen LogP contribution in [0.15, 0.2) is 30.9 Å². The molecule has 0 aliphatic carbocycles. The van der Waals surface area contributed by atoms with Gasteiger partial charge in [-0.1, -0.05) is 0 Å². The van der Waals surface area contributed by atoms with Crippen molar-refractivity contribution in [2.24, 2.45) is 0 Å². The Morgan fingerprint density at radius 2 is 2.14 bits per heavy atom. The lowest BCUT2D eigenvalue weighted by Gasteiger charge is -2.35. The third-order valence-electron chi connectivity index (χ3n) is 4.08. The summed E-state index contributed by atoms with van der Waals surface area (Å²) in [5.74, 6) is 1.72. The number of nitrogens with zero attached hydrogens (tertiary/aromatic N) is 5.